The number of aromatic nitrogens is 3. The monoisotopic (exact) mass is 325 g/mol. The van der Waals surface area contributed by atoms with Crippen LogP contribution in [0.3, 0.4) is 0 Å². The summed E-state index contributed by atoms with van der Waals surface area (Å²) in [4.78, 5) is 15.9. The Hall–Kier alpha value is -2.38. The van der Waals surface area contributed by atoms with Gasteiger partial charge < -0.3 is 4.74 Å². The molecular weight excluding hydrogens is 311 g/mol. The topological polar surface area (TPSA) is 57.0 Å². The van der Waals surface area contributed by atoms with Crippen LogP contribution in [-0.4, -0.2) is 27.0 Å². The number of hydrogen-bond acceptors (Lipinski definition) is 4. The van der Waals surface area contributed by atoms with E-state index in [-0.39, 0.29) is 41.9 Å². The third-order valence-corrected chi connectivity index (χ3v) is 3.78. The van der Waals surface area contributed by atoms with Crippen LogP contribution in [0, 0.1) is 5.82 Å². The van der Waals surface area contributed by atoms with E-state index < -0.39 is 18.8 Å². The van der Waals surface area contributed by atoms with Crippen LogP contribution in [-0.2, 0) is 13.2 Å². The first-order valence-electron chi connectivity index (χ1n) is 7.10. The average Bonchev–Trinajstić information content (AvgIpc) is 3.03. The predicted molar refractivity (Wildman–Crippen MR) is 74.1 cm³/mol. The average molecular weight is 325 g/mol. The Bertz CT molecular complexity index is 746. The number of ether oxygens (including phenoxy) is 1. The number of halogens is 3. The van der Waals surface area contributed by atoms with Crippen molar-refractivity contribution in [1.29, 1.82) is 0 Å². The lowest BCUT2D eigenvalue weighted by Gasteiger charge is -2.12. The lowest BCUT2D eigenvalue weighted by molar-refractivity contribution is 0.0986. The number of rotatable bonds is 5. The van der Waals surface area contributed by atoms with Crippen LogP contribution < -0.4 is 4.74 Å². The maximum absolute atomic E-state index is 13.9. The summed E-state index contributed by atoms with van der Waals surface area (Å²) in [6.45, 7) is 1.05. The van der Waals surface area contributed by atoms with Gasteiger partial charge in [-0.15, -0.1) is 0 Å². The number of hydrogen-bond donors (Lipinski definition) is 0. The van der Waals surface area contributed by atoms with E-state index in [1.165, 1.54) is 12.1 Å². The molecule has 0 saturated carbocycles. The van der Waals surface area contributed by atoms with Crippen molar-refractivity contribution in [3.63, 3.8) is 0 Å². The van der Waals surface area contributed by atoms with Gasteiger partial charge in [0.2, 0.25) is 0 Å². The number of fused-ring (bicyclic) bond motifs is 1. The first-order valence-corrected chi connectivity index (χ1v) is 7.10. The molecule has 5 nitrogen and oxygen atoms in total. The number of carbonyl (C=O) groups is 1. The number of Topliss-reactive ketones (excluding diaryl/α,β-unsaturated/α-hetero) is 1. The molecule has 0 radical (unpaired) electrons. The van der Waals surface area contributed by atoms with Gasteiger partial charge in [-0.25, -0.2) is 22.8 Å². The second-order valence-electron chi connectivity index (χ2n) is 5.40. The minimum absolute atomic E-state index is 0.132. The second kappa shape index (κ2) is 6.02. The fraction of sp³-hybridized carbons (Fsp3) is 0.400. The van der Waals surface area contributed by atoms with E-state index in [0.717, 1.165) is 11.0 Å². The first kappa shape index (κ1) is 15.5. The van der Waals surface area contributed by atoms with Gasteiger partial charge in [0.15, 0.2) is 11.6 Å². The van der Waals surface area contributed by atoms with Crippen molar-refractivity contribution in [1.82, 2.24) is 14.8 Å². The van der Waals surface area contributed by atoms with Crippen molar-refractivity contribution < 1.29 is 22.7 Å². The molecule has 0 bridgehead atoms. The van der Waals surface area contributed by atoms with E-state index in [1.54, 1.807) is 6.92 Å². The zero-order valence-corrected chi connectivity index (χ0v) is 12.3. The fourth-order valence-electron chi connectivity index (χ4n) is 2.77. The van der Waals surface area contributed by atoms with Crippen molar-refractivity contribution in [2.24, 2.45) is 0 Å². The van der Waals surface area contributed by atoms with Gasteiger partial charge in [0.25, 0.3) is 6.43 Å². The molecule has 0 aliphatic heterocycles. The van der Waals surface area contributed by atoms with Crippen molar-refractivity contribution in [2.45, 2.75) is 38.8 Å². The molecule has 0 spiro atoms. The molecule has 1 heterocycles. The number of carbonyl (C=O) groups excluding carboxylic acids is 1. The minimum Gasteiger partial charge on any atom is -0.485 e. The number of benzene rings is 1. The van der Waals surface area contributed by atoms with Crippen molar-refractivity contribution in [3.8, 4) is 5.75 Å². The molecular formula is C15H14F3N3O2. The Labute approximate surface area is 130 Å². The first-order chi connectivity index (χ1) is 11.0. The Kier molecular flexibility index (Phi) is 4.06. The summed E-state index contributed by atoms with van der Waals surface area (Å²) in [6.07, 6.45) is -1.18. The molecule has 1 aromatic heterocycles. The molecule has 122 valence electrons. The van der Waals surface area contributed by atoms with Gasteiger partial charge in [0.1, 0.15) is 31.0 Å². The minimum atomic E-state index is -2.56. The normalized spacial score (nSPS) is 16.9. The molecule has 2 aromatic rings. The van der Waals surface area contributed by atoms with E-state index in [1.807, 2.05) is 0 Å². The Morgan fingerprint density at radius 2 is 2.22 bits per heavy atom. The number of alkyl halides is 2. The van der Waals surface area contributed by atoms with Gasteiger partial charge in [-0.3, -0.25) is 4.79 Å². The van der Waals surface area contributed by atoms with Gasteiger partial charge in [-0.1, -0.05) is 6.92 Å². The maximum atomic E-state index is 13.9. The zero-order valence-electron chi connectivity index (χ0n) is 12.3. The standard InChI is InChI=1S/C15H14F3N3O2/c1-8-4-10(22)15-11(3-2-9(16)14(8)15)23-6-13-19-7-20-21(13)5-12(17)18/h2-3,7-8,12H,4-6H2,1H3. The van der Waals surface area contributed by atoms with Crippen LogP contribution in [0.25, 0.3) is 0 Å². The van der Waals surface area contributed by atoms with E-state index in [4.69, 9.17) is 4.74 Å². The molecule has 1 aliphatic rings. The van der Waals surface area contributed by atoms with Crippen LogP contribution in [0.4, 0.5) is 13.2 Å². The molecule has 3 rings (SSSR count). The summed E-state index contributed by atoms with van der Waals surface area (Å²) in [7, 11) is 0. The summed E-state index contributed by atoms with van der Waals surface area (Å²) in [5.74, 6) is -0.379. The van der Waals surface area contributed by atoms with Crippen molar-refractivity contribution in [2.75, 3.05) is 0 Å². The van der Waals surface area contributed by atoms with E-state index in [0.29, 0.717) is 5.56 Å². The van der Waals surface area contributed by atoms with Crippen LogP contribution in [0.5, 0.6) is 5.75 Å². The molecule has 0 fully saturated rings. The second-order valence-corrected chi connectivity index (χ2v) is 5.40. The molecule has 0 saturated heterocycles. The van der Waals surface area contributed by atoms with Gasteiger partial charge in [-0.2, -0.15) is 5.10 Å². The zero-order chi connectivity index (χ0) is 16.6. The fourth-order valence-corrected chi connectivity index (χ4v) is 2.77. The van der Waals surface area contributed by atoms with Gasteiger partial charge >= 0.3 is 0 Å². The molecule has 1 unspecified atom stereocenters. The molecule has 0 amide bonds. The summed E-state index contributed by atoms with van der Waals surface area (Å²) in [5, 5.41) is 3.70. The highest BCUT2D eigenvalue weighted by atomic mass is 19.3. The van der Waals surface area contributed by atoms with Crippen molar-refractivity contribution >= 4 is 5.78 Å². The predicted octanol–water partition coefficient (Wildman–Crippen LogP) is 2.95. The largest absolute Gasteiger partial charge is 0.485 e. The molecule has 0 N–H and O–H groups in total. The molecule has 8 heteroatoms. The highest BCUT2D eigenvalue weighted by molar-refractivity contribution is 6.03. The summed E-state index contributed by atoms with van der Waals surface area (Å²) < 4.78 is 45.4. The highest BCUT2D eigenvalue weighted by Gasteiger charge is 2.32. The van der Waals surface area contributed by atoms with Gasteiger partial charge in [-0.05, 0) is 18.1 Å². The summed E-state index contributed by atoms with van der Waals surface area (Å²) >= 11 is 0. The quantitative estimate of drug-likeness (QED) is 0.848. The molecule has 23 heavy (non-hydrogen) atoms. The summed E-state index contributed by atoms with van der Waals surface area (Å²) in [6, 6.07) is 2.62. The Morgan fingerprint density at radius 1 is 1.43 bits per heavy atom. The van der Waals surface area contributed by atoms with Crippen LogP contribution in [0.1, 0.15) is 41.0 Å². The van der Waals surface area contributed by atoms with E-state index in [2.05, 4.69) is 10.1 Å². The van der Waals surface area contributed by atoms with E-state index in [9.17, 15) is 18.0 Å². The molecule has 1 atom stereocenters. The van der Waals surface area contributed by atoms with Gasteiger partial charge in [0, 0.05) is 12.0 Å². The molecule has 1 aromatic carbocycles. The lowest BCUT2D eigenvalue weighted by atomic mass is 10.0. The van der Waals surface area contributed by atoms with Crippen LogP contribution in [0.15, 0.2) is 18.5 Å². The SMILES string of the molecule is CC1CC(=O)c2c(OCc3ncnn3CC(F)F)ccc(F)c21. The third-order valence-electron chi connectivity index (χ3n) is 3.78. The number of nitrogens with zero attached hydrogens (tertiary/aromatic N) is 3. The van der Waals surface area contributed by atoms with Gasteiger partial charge in [0.05, 0.1) is 5.56 Å². The van der Waals surface area contributed by atoms with Crippen molar-refractivity contribution in [3.05, 3.63) is 41.2 Å². The van der Waals surface area contributed by atoms with Crippen LogP contribution >= 0.6 is 0 Å². The number of ketones is 1. The smallest absolute Gasteiger partial charge is 0.257 e. The Balaban J connectivity index is 1.83. The highest BCUT2D eigenvalue weighted by Crippen LogP contribution is 2.39. The molecule has 1 aliphatic carbocycles. The third kappa shape index (κ3) is 2.93. The van der Waals surface area contributed by atoms with Crippen LogP contribution in [0.2, 0.25) is 0 Å². The van der Waals surface area contributed by atoms with E-state index >= 15 is 0 Å². The maximum Gasteiger partial charge on any atom is 0.257 e. The lowest BCUT2D eigenvalue weighted by Crippen LogP contribution is -2.14. The summed E-state index contributed by atoms with van der Waals surface area (Å²) in [5.41, 5.74) is 0.582. The Morgan fingerprint density at radius 3 is 2.96 bits per heavy atom.